The molecule has 0 bridgehead atoms. The van der Waals surface area contributed by atoms with Crippen LogP contribution in [0.25, 0.3) is 0 Å². The highest BCUT2D eigenvalue weighted by Crippen LogP contribution is 2.33. The van der Waals surface area contributed by atoms with Gasteiger partial charge in [-0.25, -0.2) is 0 Å². The summed E-state index contributed by atoms with van der Waals surface area (Å²) in [6.07, 6.45) is 7.76. The molecule has 0 radical (unpaired) electrons. The van der Waals surface area contributed by atoms with E-state index < -0.39 is 0 Å². The Kier molecular flexibility index (Phi) is 4.86. The van der Waals surface area contributed by atoms with Crippen LogP contribution in [-0.4, -0.2) is 11.8 Å². The van der Waals surface area contributed by atoms with Crippen LogP contribution in [0.3, 0.4) is 0 Å². The predicted molar refractivity (Wildman–Crippen MR) is 83.0 cm³/mol. The number of nitrogens with one attached hydrogen (secondary N) is 1. The van der Waals surface area contributed by atoms with E-state index in [0.29, 0.717) is 16.6 Å². The molecule has 1 heterocycles. The van der Waals surface area contributed by atoms with Gasteiger partial charge in [-0.3, -0.25) is 4.79 Å². The molecule has 1 aliphatic rings. The minimum Gasteiger partial charge on any atom is -0.397 e. The number of carbonyl (C=O) groups is 1. The Labute approximate surface area is 119 Å². The number of Topliss-reactive ketones (excluding diaryl/α,β-unsaturated/α-hetero) is 1. The molecule has 1 aliphatic carbocycles. The lowest BCUT2D eigenvalue weighted by molar-refractivity contribution is 0.0944. The molecule has 1 saturated carbocycles. The molecule has 1 aromatic rings. The third kappa shape index (κ3) is 3.72. The molecule has 19 heavy (non-hydrogen) atoms. The van der Waals surface area contributed by atoms with Crippen LogP contribution in [0.4, 0.5) is 10.7 Å². The van der Waals surface area contributed by atoms with E-state index in [-0.39, 0.29) is 11.7 Å². The largest absolute Gasteiger partial charge is 0.397 e. The number of rotatable bonds is 4. The first-order valence-electron chi connectivity index (χ1n) is 7.28. The molecular formula is C15H24N2OS. The number of thiophene rings is 1. The zero-order chi connectivity index (χ0) is 13.8. The second-order valence-electron chi connectivity index (χ2n) is 5.75. The van der Waals surface area contributed by atoms with E-state index in [9.17, 15) is 4.79 Å². The Morgan fingerprint density at radius 1 is 1.32 bits per heavy atom. The van der Waals surface area contributed by atoms with Gasteiger partial charge in [-0.05, 0) is 18.9 Å². The van der Waals surface area contributed by atoms with Crippen molar-refractivity contribution in [3.8, 4) is 0 Å². The van der Waals surface area contributed by atoms with E-state index in [4.69, 9.17) is 5.73 Å². The molecule has 3 nitrogen and oxygen atoms in total. The molecule has 0 spiro atoms. The SMILES string of the molecule is CC(C)C(=O)c1sc(NC2CCCCCC2)cc1N. The maximum absolute atomic E-state index is 12.0. The van der Waals surface area contributed by atoms with E-state index in [1.165, 1.54) is 49.9 Å². The number of hydrogen-bond donors (Lipinski definition) is 2. The van der Waals surface area contributed by atoms with Crippen LogP contribution in [0, 0.1) is 5.92 Å². The van der Waals surface area contributed by atoms with Gasteiger partial charge < -0.3 is 11.1 Å². The van der Waals surface area contributed by atoms with E-state index >= 15 is 0 Å². The molecule has 2 rings (SSSR count). The lowest BCUT2D eigenvalue weighted by Gasteiger charge is -2.15. The van der Waals surface area contributed by atoms with E-state index in [2.05, 4.69) is 5.32 Å². The molecule has 3 N–H and O–H groups in total. The molecule has 0 saturated heterocycles. The van der Waals surface area contributed by atoms with E-state index in [0.717, 1.165) is 5.00 Å². The van der Waals surface area contributed by atoms with Gasteiger partial charge in [0, 0.05) is 12.0 Å². The van der Waals surface area contributed by atoms with Crippen LogP contribution in [0.15, 0.2) is 6.07 Å². The summed E-state index contributed by atoms with van der Waals surface area (Å²) in [5.74, 6) is 0.156. The summed E-state index contributed by atoms with van der Waals surface area (Å²) in [4.78, 5) is 12.7. The maximum Gasteiger partial charge on any atom is 0.177 e. The molecule has 0 amide bonds. The molecule has 0 aromatic carbocycles. The zero-order valence-electron chi connectivity index (χ0n) is 11.9. The minimum absolute atomic E-state index is 0.00619. The van der Waals surface area contributed by atoms with Gasteiger partial charge in [0.1, 0.15) is 0 Å². The quantitative estimate of drug-likeness (QED) is 0.638. The van der Waals surface area contributed by atoms with Crippen molar-refractivity contribution in [2.24, 2.45) is 5.92 Å². The van der Waals surface area contributed by atoms with Crippen molar-refractivity contribution >= 4 is 27.8 Å². The van der Waals surface area contributed by atoms with Gasteiger partial charge in [-0.2, -0.15) is 0 Å². The third-order valence-corrected chi connectivity index (χ3v) is 4.81. The average Bonchev–Trinajstić information content (AvgIpc) is 2.58. The first-order valence-corrected chi connectivity index (χ1v) is 8.09. The van der Waals surface area contributed by atoms with E-state index in [1.807, 2.05) is 19.9 Å². The summed E-state index contributed by atoms with van der Waals surface area (Å²) in [5, 5.41) is 4.61. The molecule has 4 heteroatoms. The molecule has 1 aromatic heterocycles. The second kappa shape index (κ2) is 6.42. The Morgan fingerprint density at radius 3 is 2.53 bits per heavy atom. The summed E-state index contributed by atoms with van der Waals surface area (Å²) in [5.41, 5.74) is 6.59. The standard InChI is InChI=1S/C15H24N2OS/c1-10(2)14(18)15-12(16)9-13(19-15)17-11-7-5-3-4-6-8-11/h9-11,17H,3-8,16H2,1-2H3. The first kappa shape index (κ1) is 14.4. The fourth-order valence-corrected chi connectivity index (χ4v) is 3.70. The Bertz CT molecular complexity index is 431. The summed E-state index contributed by atoms with van der Waals surface area (Å²) in [7, 11) is 0. The fraction of sp³-hybridized carbons (Fsp3) is 0.667. The van der Waals surface area contributed by atoms with Crippen LogP contribution in [-0.2, 0) is 0 Å². The minimum atomic E-state index is 0.00619. The molecule has 0 aliphatic heterocycles. The number of anilines is 2. The summed E-state index contributed by atoms with van der Waals surface area (Å²) in [6.45, 7) is 3.83. The first-order chi connectivity index (χ1) is 9.08. The monoisotopic (exact) mass is 280 g/mol. The van der Waals surface area contributed by atoms with Crippen molar-refractivity contribution in [2.75, 3.05) is 11.1 Å². The third-order valence-electron chi connectivity index (χ3n) is 3.71. The van der Waals surface area contributed by atoms with Crippen LogP contribution in [0.1, 0.15) is 62.0 Å². The van der Waals surface area contributed by atoms with Gasteiger partial charge in [-0.15, -0.1) is 11.3 Å². The highest BCUT2D eigenvalue weighted by Gasteiger charge is 2.19. The summed E-state index contributed by atoms with van der Waals surface area (Å²) >= 11 is 1.51. The number of hydrogen-bond acceptors (Lipinski definition) is 4. The van der Waals surface area contributed by atoms with Crippen molar-refractivity contribution in [2.45, 2.75) is 58.4 Å². The van der Waals surface area contributed by atoms with Gasteiger partial charge >= 0.3 is 0 Å². The molecule has 1 fully saturated rings. The Hall–Kier alpha value is -1.03. The van der Waals surface area contributed by atoms with Crippen LogP contribution < -0.4 is 11.1 Å². The summed E-state index contributed by atoms with van der Waals surface area (Å²) < 4.78 is 0. The van der Waals surface area contributed by atoms with Crippen molar-refractivity contribution in [1.29, 1.82) is 0 Å². The normalized spacial score (nSPS) is 17.4. The molecule has 0 atom stereocenters. The number of nitrogens with two attached hydrogens (primary N) is 1. The highest BCUT2D eigenvalue weighted by molar-refractivity contribution is 7.18. The van der Waals surface area contributed by atoms with Crippen molar-refractivity contribution in [3.05, 3.63) is 10.9 Å². The Balaban J connectivity index is 2.05. The van der Waals surface area contributed by atoms with Crippen LogP contribution in [0.5, 0.6) is 0 Å². The fourth-order valence-electron chi connectivity index (χ4n) is 2.56. The van der Waals surface area contributed by atoms with Gasteiger partial charge in [0.25, 0.3) is 0 Å². The molecule has 0 unspecified atom stereocenters. The topological polar surface area (TPSA) is 55.1 Å². The smallest absolute Gasteiger partial charge is 0.177 e. The van der Waals surface area contributed by atoms with Gasteiger partial charge in [0.15, 0.2) is 5.78 Å². The maximum atomic E-state index is 12.0. The highest BCUT2D eigenvalue weighted by atomic mass is 32.1. The zero-order valence-corrected chi connectivity index (χ0v) is 12.7. The number of nitrogen functional groups attached to an aromatic ring is 1. The van der Waals surface area contributed by atoms with Crippen LogP contribution in [0.2, 0.25) is 0 Å². The van der Waals surface area contributed by atoms with Crippen LogP contribution >= 0.6 is 11.3 Å². The summed E-state index contributed by atoms with van der Waals surface area (Å²) in [6, 6.07) is 2.47. The van der Waals surface area contributed by atoms with Crippen molar-refractivity contribution in [3.63, 3.8) is 0 Å². The van der Waals surface area contributed by atoms with E-state index in [1.54, 1.807) is 0 Å². The van der Waals surface area contributed by atoms with Crippen molar-refractivity contribution in [1.82, 2.24) is 0 Å². The lowest BCUT2D eigenvalue weighted by Crippen LogP contribution is -2.17. The second-order valence-corrected chi connectivity index (χ2v) is 6.80. The average molecular weight is 280 g/mol. The molecular weight excluding hydrogens is 256 g/mol. The number of ketones is 1. The van der Waals surface area contributed by atoms with Gasteiger partial charge in [0.05, 0.1) is 15.6 Å². The van der Waals surface area contributed by atoms with Crippen molar-refractivity contribution < 1.29 is 4.79 Å². The Morgan fingerprint density at radius 2 is 1.95 bits per heavy atom. The van der Waals surface area contributed by atoms with Gasteiger partial charge in [0.2, 0.25) is 0 Å². The lowest BCUT2D eigenvalue weighted by atomic mass is 10.1. The molecule has 106 valence electrons. The number of carbonyl (C=O) groups excluding carboxylic acids is 1. The van der Waals surface area contributed by atoms with Gasteiger partial charge in [-0.1, -0.05) is 39.5 Å². The predicted octanol–water partition coefficient (Wildman–Crippen LogP) is 4.30.